The van der Waals surface area contributed by atoms with Gasteiger partial charge in [0.25, 0.3) is 0 Å². The van der Waals surface area contributed by atoms with Crippen molar-refractivity contribution in [1.82, 2.24) is 4.90 Å². The number of nitrogens with two attached hydrogens (primary N) is 1. The SMILES string of the molecule is C/C=C(\C)N(CCCC)/C(=C(\C)c1cccc(N2CCN(c3ccc(N)cc3)CC2)c1)c1ccc(Cl)cc1. The molecule has 0 radical (unpaired) electrons. The molecular formula is C33H41ClN4. The van der Waals surface area contributed by atoms with Crippen LogP contribution in [-0.2, 0) is 0 Å². The maximum atomic E-state index is 6.27. The fraction of sp³-hybridized carbons (Fsp3) is 0.333. The first-order valence-electron chi connectivity index (χ1n) is 13.7. The summed E-state index contributed by atoms with van der Waals surface area (Å²) < 4.78 is 0. The number of piperazine rings is 1. The Morgan fingerprint density at radius 1 is 0.868 bits per heavy atom. The van der Waals surface area contributed by atoms with Gasteiger partial charge in [-0.1, -0.05) is 55.3 Å². The third kappa shape index (κ3) is 6.54. The van der Waals surface area contributed by atoms with Gasteiger partial charge in [-0.3, -0.25) is 0 Å². The summed E-state index contributed by atoms with van der Waals surface area (Å²) in [5.74, 6) is 0. The molecular weight excluding hydrogens is 488 g/mol. The standard InChI is InChI=1S/C33H41ClN4/c1-5-7-19-38(25(3)6-2)33(27-11-13-29(34)14-12-27)26(4)28-9-8-10-32(24-28)37-22-20-36(21-23-37)31-17-15-30(35)16-18-31/h6,8-18,24H,5,7,19-23,35H2,1-4H3/b25-6+,33-26+. The summed E-state index contributed by atoms with van der Waals surface area (Å²) in [5, 5.41) is 0.758. The number of nitrogens with zero attached hydrogens (tertiary/aromatic N) is 3. The van der Waals surface area contributed by atoms with Crippen LogP contribution in [0.15, 0.2) is 84.6 Å². The molecule has 0 atom stereocenters. The Bertz CT molecular complexity index is 1250. The molecule has 4 nitrogen and oxygen atoms in total. The predicted molar refractivity (Wildman–Crippen MR) is 167 cm³/mol. The molecule has 1 aliphatic rings. The Morgan fingerprint density at radius 3 is 2.11 bits per heavy atom. The molecule has 0 amide bonds. The summed E-state index contributed by atoms with van der Waals surface area (Å²) in [6.07, 6.45) is 4.49. The third-order valence-electron chi connectivity index (χ3n) is 7.50. The van der Waals surface area contributed by atoms with E-state index in [1.807, 2.05) is 24.3 Å². The second kappa shape index (κ2) is 12.9. The van der Waals surface area contributed by atoms with E-state index >= 15 is 0 Å². The largest absolute Gasteiger partial charge is 0.399 e. The van der Waals surface area contributed by atoms with Crippen LogP contribution in [0.25, 0.3) is 11.3 Å². The van der Waals surface area contributed by atoms with Crippen LogP contribution in [0.3, 0.4) is 0 Å². The van der Waals surface area contributed by atoms with Gasteiger partial charge in [0.2, 0.25) is 0 Å². The summed E-state index contributed by atoms with van der Waals surface area (Å²) in [6.45, 7) is 13.8. The summed E-state index contributed by atoms with van der Waals surface area (Å²) in [7, 11) is 0. The monoisotopic (exact) mass is 528 g/mol. The van der Waals surface area contributed by atoms with Gasteiger partial charge in [0, 0.05) is 60.5 Å². The van der Waals surface area contributed by atoms with Gasteiger partial charge in [-0.15, -0.1) is 0 Å². The third-order valence-corrected chi connectivity index (χ3v) is 7.76. The van der Waals surface area contributed by atoms with Gasteiger partial charge in [0.05, 0.1) is 5.70 Å². The zero-order valence-electron chi connectivity index (χ0n) is 23.3. The quantitative estimate of drug-likeness (QED) is 0.224. The Balaban J connectivity index is 1.65. The Morgan fingerprint density at radius 2 is 1.50 bits per heavy atom. The van der Waals surface area contributed by atoms with E-state index in [0.717, 1.165) is 56.3 Å². The van der Waals surface area contributed by atoms with Crippen LogP contribution >= 0.6 is 11.6 Å². The van der Waals surface area contributed by atoms with Crippen molar-refractivity contribution in [3.8, 4) is 0 Å². The van der Waals surface area contributed by atoms with Crippen molar-refractivity contribution in [2.24, 2.45) is 0 Å². The molecule has 0 spiro atoms. The lowest BCUT2D eigenvalue weighted by molar-refractivity contribution is 0.470. The summed E-state index contributed by atoms with van der Waals surface area (Å²) in [4.78, 5) is 7.41. The highest BCUT2D eigenvalue weighted by molar-refractivity contribution is 6.30. The second-order valence-corrected chi connectivity index (χ2v) is 10.5. The van der Waals surface area contributed by atoms with E-state index < -0.39 is 0 Å². The lowest BCUT2D eigenvalue weighted by Crippen LogP contribution is -2.46. The normalized spacial score (nSPS) is 14.9. The molecule has 1 fully saturated rings. The molecule has 38 heavy (non-hydrogen) atoms. The first-order valence-corrected chi connectivity index (χ1v) is 14.1. The van der Waals surface area contributed by atoms with Crippen LogP contribution in [0.5, 0.6) is 0 Å². The van der Waals surface area contributed by atoms with Crippen molar-refractivity contribution < 1.29 is 0 Å². The zero-order chi connectivity index (χ0) is 27.1. The van der Waals surface area contributed by atoms with Crippen LogP contribution in [0.2, 0.25) is 5.02 Å². The van der Waals surface area contributed by atoms with Crippen LogP contribution in [0, 0.1) is 0 Å². The van der Waals surface area contributed by atoms with E-state index in [0.29, 0.717) is 0 Å². The van der Waals surface area contributed by atoms with Gasteiger partial charge in [-0.2, -0.15) is 0 Å². The van der Waals surface area contributed by atoms with Crippen molar-refractivity contribution in [3.63, 3.8) is 0 Å². The minimum Gasteiger partial charge on any atom is -0.399 e. The fourth-order valence-electron chi connectivity index (χ4n) is 5.10. The molecule has 2 N–H and O–H groups in total. The molecule has 4 rings (SSSR count). The topological polar surface area (TPSA) is 35.7 Å². The molecule has 0 bridgehead atoms. The van der Waals surface area contributed by atoms with Crippen molar-refractivity contribution in [2.45, 2.75) is 40.5 Å². The molecule has 0 saturated carbocycles. The molecule has 0 aromatic heterocycles. The van der Waals surface area contributed by atoms with Crippen molar-refractivity contribution in [1.29, 1.82) is 0 Å². The van der Waals surface area contributed by atoms with E-state index in [2.05, 4.69) is 97.0 Å². The molecule has 1 aliphatic heterocycles. The molecule has 5 heteroatoms. The number of nitrogen functional groups attached to an aromatic ring is 1. The predicted octanol–water partition coefficient (Wildman–Crippen LogP) is 8.16. The van der Waals surface area contributed by atoms with Crippen molar-refractivity contribution in [3.05, 3.63) is 101 Å². The van der Waals surface area contributed by atoms with E-state index in [1.54, 1.807) is 0 Å². The summed E-state index contributed by atoms with van der Waals surface area (Å²) in [6, 6.07) is 25.5. The van der Waals surface area contributed by atoms with Gasteiger partial charge in [-0.25, -0.2) is 0 Å². The fourth-order valence-corrected chi connectivity index (χ4v) is 5.23. The number of halogens is 1. The smallest absolute Gasteiger partial charge is 0.0517 e. The number of benzene rings is 3. The number of anilines is 3. The first-order chi connectivity index (χ1) is 18.4. The Kier molecular flexibility index (Phi) is 9.41. The molecule has 200 valence electrons. The lowest BCUT2D eigenvalue weighted by Gasteiger charge is -2.37. The zero-order valence-corrected chi connectivity index (χ0v) is 24.0. The highest BCUT2D eigenvalue weighted by atomic mass is 35.5. The van der Waals surface area contributed by atoms with Gasteiger partial charge in [0.1, 0.15) is 0 Å². The lowest BCUT2D eigenvalue weighted by atomic mass is 9.98. The van der Waals surface area contributed by atoms with Crippen LogP contribution in [0.1, 0.15) is 51.7 Å². The van der Waals surface area contributed by atoms with E-state index in [9.17, 15) is 0 Å². The number of unbranched alkanes of at least 4 members (excludes halogenated alkanes) is 1. The average molecular weight is 529 g/mol. The van der Waals surface area contributed by atoms with Crippen LogP contribution in [0.4, 0.5) is 17.1 Å². The van der Waals surface area contributed by atoms with Gasteiger partial charge in [-0.05, 0) is 92.4 Å². The molecule has 1 heterocycles. The maximum Gasteiger partial charge on any atom is 0.0517 e. The van der Waals surface area contributed by atoms with E-state index in [-0.39, 0.29) is 0 Å². The minimum atomic E-state index is 0.758. The first kappa shape index (κ1) is 27.7. The van der Waals surface area contributed by atoms with E-state index in [1.165, 1.54) is 39.5 Å². The van der Waals surface area contributed by atoms with Crippen molar-refractivity contribution >= 4 is 39.9 Å². The Labute approximate surface area is 234 Å². The van der Waals surface area contributed by atoms with Crippen LogP contribution in [-0.4, -0.2) is 37.6 Å². The van der Waals surface area contributed by atoms with Gasteiger partial charge in [0.15, 0.2) is 0 Å². The average Bonchev–Trinajstić information content (AvgIpc) is 2.96. The van der Waals surface area contributed by atoms with Gasteiger partial charge >= 0.3 is 0 Å². The molecule has 0 aliphatic carbocycles. The molecule has 3 aromatic carbocycles. The highest BCUT2D eigenvalue weighted by Gasteiger charge is 2.20. The summed E-state index contributed by atoms with van der Waals surface area (Å²) in [5.41, 5.74) is 15.4. The second-order valence-electron chi connectivity index (χ2n) is 10.0. The number of allylic oxidation sites excluding steroid dienone is 3. The molecule has 0 unspecified atom stereocenters. The molecule has 3 aromatic rings. The number of hydrogen-bond donors (Lipinski definition) is 1. The number of rotatable bonds is 9. The van der Waals surface area contributed by atoms with Gasteiger partial charge < -0.3 is 20.4 Å². The maximum absolute atomic E-state index is 6.27. The van der Waals surface area contributed by atoms with E-state index in [4.69, 9.17) is 17.3 Å². The minimum absolute atomic E-state index is 0.758. The number of hydrogen-bond acceptors (Lipinski definition) is 4. The molecule has 1 saturated heterocycles. The summed E-state index contributed by atoms with van der Waals surface area (Å²) >= 11 is 6.27. The Hall–Kier alpha value is -3.37. The van der Waals surface area contributed by atoms with Crippen molar-refractivity contribution in [2.75, 3.05) is 48.3 Å². The highest BCUT2D eigenvalue weighted by Crippen LogP contribution is 2.34. The van der Waals surface area contributed by atoms with Crippen LogP contribution < -0.4 is 15.5 Å².